The predicted molar refractivity (Wildman–Crippen MR) is 74.5 cm³/mol. The minimum absolute atomic E-state index is 0.00935. The highest BCUT2D eigenvalue weighted by Crippen LogP contribution is 2.23. The highest BCUT2D eigenvalue weighted by atomic mass is 15.3. The van der Waals surface area contributed by atoms with Crippen LogP contribution in [0.25, 0.3) is 0 Å². The Morgan fingerprint density at radius 2 is 1.72 bits per heavy atom. The second-order valence-corrected chi connectivity index (χ2v) is 5.16. The lowest BCUT2D eigenvalue weighted by Crippen LogP contribution is -2.20. The molecule has 2 N–H and O–H groups in total. The molecule has 96 valence electrons. The topological polar surface area (TPSA) is 43.8 Å². The predicted octanol–water partition coefficient (Wildman–Crippen LogP) is 2.82. The van der Waals surface area contributed by atoms with Gasteiger partial charge in [-0.1, -0.05) is 17.7 Å². The first kappa shape index (κ1) is 12.8. The fourth-order valence-corrected chi connectivity index (χ4v) is 2.64. The summed E-state index contributed by atoms with van der Waals surface area (Å²) in [6, 6.07) is 4.37. The van der Waals surface area contributed by atoms with E-state index >= 15 is 0 Å². The van der Waals surface area contributed by atoms with E-state index in [1.807, 2.05) is 24.0 Å². The molecular weight excluding hydrogens is 222 g/mol. The van der Waals surface area contributed by atoms with Crippen LogP contribution >= 0.6 is 0 Å². The van der Waals surface area contributed by atoms with E-state index in [0.29, 0.717) is 0 Å². The van der Waals surface area contributed by atoms with Crippen LogP contribution in [-0.2, 0) is 6.54 Å². The molecule has 0 bridgehead atoms. The molecular formula is C15H21N3. The second-order valence-electron chi connectivity index (χ2n) is 5.16. The average molecular weight is 243 g/mol. The highest BCUT2D eigenvalue weighted by Gasteiger charge is 2.13. The smallest absolute Gasteiger partial charge is 0.0602 e. The van der Waals surface area contributed by atoms with Crippen molar-refractivity contribution in [3.05, 3.63) is 52.3 Å². The van der Waals surface area contributed by atoms with E-state index in [4.69, 9.17) is 5.73 Å². The van der Waals surface area contributed by atoms with Crippen molar-refractivity contribution >= 4 is 0 Å². The van der Waals surface area contributed by atoms with Crippen LogP contribution in [0.4, 0.5) is 0 Å². The van der Waals surface area contributed by atoms with E-state index in [0.717, 1.165) is 6.54 Å². The maximum absolute atomic E-state index is 6.33. The summed E-state index contributed by atoms with van der Waals surface area (Å²) < 4.78 is 1.92. The Morgan fingerprint density at radius 3 is 2.22 bits per heavy atom. The van der Waals surface area contributed by atoms with Gasteiger partial charge in [0.2, 0.25) is 0 Å². The first-order valence-corrected chi connectivity index (χ1v) is 6.29. The van der Waals surface area contributed by atoms with Crippen LogP contribution < -0.4 is 5.73 Å². The minimum atomic E-state index is -0.00935. The normalized spacial score (nSPS) is 12.7. The Kier molecular flexibility index (Phi) is 3.53. The zero-order chi connectivity index (χ0) is 13.3. The number of benzene rings is 1. The van der Waals surface area contributed by atoms with Gasteiger partial charge < -0.3 is 5.73 Å². The Bertz CT molecular complexity index is 532. The van der Waals surface area contributed by atoms with Gasteiger partial charge in [-0.2, -0.15) is 5.10 Å². The Hall–Kier alpha value is -1.61. The fraction of sp³-hybridized carbons (Fsp3) is 0.400. The van der Waals surface area contributed by atoms with Gasteiger partial charge in [-0.3, -0.25) is 4.68 Å². The summed E-state index contributed by atoms with van der Waals surface area (Å²) in [6.45, 7) is 9.13. The molecule has 1 atom stereocenters. The van der Waals surface area contributed by atoms with Crippen LogP contribution in [0.5, 0.6) is 0 Å². The molecule has 2 rings (SSSR count). The maximum atomic E-state index is 6.33. The zero-order valence-electron chi connectivity index (χ0n) is 11.6. The van der Waals surface area contributed by atoms with E-state index in [1.165, 1.54) is 27.8 Å². The molecule has 0 fully saturated rings. The van der Waals surface area contributed by atoms with Gasteiger partial charge >= 0.3 is 0 Å². The van der Waals surface area contributed by atoms with Crippen molar-refractivity contribution in [1.82, 2.24) is 9.78 Å². The molecule has 1 unspecified atom stereocenters. The van der Waals surface area contributed by atoms with Crippen molar-refractivity contribution in [1.29, 1.82) is 0 Å². The summed E-state index contributed by atoms with van der Waals surface area (Å²) in [6.07, 6.45) is 3.89. The third-order valence-corrected chi connectivity index (χ3v) is 3.25. The third kappa shape index (κ3) is 2.62. The van der Waals surface area contributed by atoms with E-state index in [1.54, 1.807) is 0 Å². The van der Waals surface area contributed by atoms with Gasteiger partial charge in [0.15, 0.2) is 0 Å². The van der Waals surface area contributed by atoms with Gasteiger partial charge in [-0.05, 0) is 49.9 Å². The van der Waals surface area contributed by atoms with Crippen LogP contribution in [0.1, 0.15) is 33.9 Å². The van der Waals surface area contributed by atoms with Crippen molar-refractivity contribution < 1.29 is 0 Å². The zero-order valence-corrected chi connectivity index (χ0v) is 11.6. The second kappa shape index (κ2) is 4.94. The SMILES string of the molecule is Cc1cc(C)c(C(N)Cn2cc(C)cn2)c(C)c1. The van der Waals surface area contributed by atoms with Crippen LogP contribution in [0.2, 0.25) is 0 Å². The van der Waals surface area contributed by atoms with Crippen molar-refractivity contribution in [2.75, 3.05) is 0 Å². The highest BCUT2D eigenvalue weighted by molar-refractivity contribution is 5.39. The van der Waals surface area contributed by atoms with Gasteiger partial charge in [0.1, 0.15) is 0 Å². The Balaban J connectivity index is 2.26. The van der Waals surface area contributed by atoms with Gasteiger partial charge in [-0.25, -0.2) is 0 Å². The number of aryl methyl sites for hydroxylation is 4. The van der Waals surface area contributed by atoms with E-state index in [9.17, 15) is 0 Å². The molecule has 0 amide bonds. The molecule has 0 aliphatic rings. The van der Waals surface area contributed by atoms with Crippen molar-refractivity contribution in [2.45, 2.75) is 40.3 Å². The van der Waals surface area contributed by atoms with E-state index in [-0.39, 0.29) is 6.04 Å². The van der Waals surface area contributed by atoms with Crippen molar-refractivity contribution in [3.63, 3.8) is 0 Å². The standard InChI is InChI=1S/C15H21N3/c1-10-5-12(3)15(13(4)6-10)14(16)9-18-8-11(2)7-17-18/h5-8,14H,9,16H2,1-4H3. The van der Waals surface area contributed by atoms with E-state index < -0.39 is 0 Å². The maximum Gasteiger partial charge on any atom is 0.0602 e. The lowest BCUT2D eigenvalue weighted by atomic mass is 9.94. The van der Waals surface area contributed by atoms with Crippen LogP contribution in [-0.4, -0.2) is 9.78 Å². The monoisotopic (exact) mass is 243 g/mol. The minimum Gasteiger partial charge on any atom is -0.322 e. The molecule has 1 heterocycles. The van der Waals surface area contributed by atoms with Gasteiger partial charge in [0.05, 0.1) is 12.7 Å². The summed E-state index contributed by atoms with van der Waals surface area (Å²) in [4.78, 5) is 0. The van der Waals surface area contributed by atoms with Gasteiger partial charge in [0.25, 0.3) is 0 Å². The Morgan fingerprint density at radius 1 is 1.11 bits per heavy atom. The van der Waals surface area contributed by atoms with Crippen LogP contribution in [0.3, 0.4) is 0 Å². The molecule has 3 nitrogen and oxygen atoms in total. The summed E-state index contributed by atoms with van der Waals surface area (Å²) in [5, 5.41) is 4.29. The summed E-state index contributed by atoms with van der Waals surface area (Å²) >= 11 is 0. The number of hydrogen-bond acceptors (Lipinski definition) is 2. The lowest BCUT2D eigenvalue weighted by Gasteiger charge is -2.18. The third-order valence-electron chi connectivity index (χ3n) is 3.25. The lowest BCUT2D eigenvalue weighted by molar-refractivity contribution is 0.524. The molecule has 0 saturated heterocycles. The molecule has 0 aliphatic heterocycles. The molecule has 0 radical (unpaired) electrons. The molecule has 18 heavy (non-hydrogen) atoms. The number of nitrogens with zero attached hydrogens (tertiary/aromatic N) is 2. The quantitative estimate of drug-likeness (QED) is 0.901. The van der Waals surface area contributed by atoms with E-state index in [2.05, 4.69) is 38.0 Å². The number of aromatic nitrogens is 2. The molecule has 0 saturated carbocycles. The van der Waals surface area contributed by atoms with Gasteiger partial charge in [-0.15, -0.1) is 0 Å². The van der Waals surface area contributed by atoms with Crippen molar-refractivity contribution in [3.8, 4) is 0 Å². The first-order chi connectivity index (χ1) is 8.47. The first-order valence-electron chi connectivity index (χ1n) is 6.29. The fourth-order valence-electron chi connectivity index (χ4n) is 2.64. The Labute approximate surface area is 109 Å². The molecule has 1 aromatic carbocycles. The summed E-state index contributed by atoms with van der Waals surface area (Å²) in [5.41, 5.74) is 12.6. The molecule has 0 spiro atoms. The van der Waals surface area contributed by atoms with Crippen LogP contribution in [0, 0.1) is 27.7 Å². The van der Waals surface area contributed by atoms with Crippen molar-refractivity contribution in [2.24, 2.45) is 5.73 Å². The summed E-state index contributed by atoms with van der Waals surface area (Å²) in [5.74, 6) is 0. The number of nitrogens with two attached hydrogens (primary N) is 1. The largest absolute Gasteiger partial charge is 0.322 e. The summed E-state index contributed by atoms with van der Waals surface area (Å²) in [7, 11) is 0. The molecule has 2 aromatic rings. The average Bonchev–Trinajstić information content (AvgIpc) is 2.62. The molecule has 3 heteroatoms. The molecule has 0 aliphatic carbocycles. The number of rotatable bonds is 3. The van der Waals surface area contributed by atoms with Gasteiger partial charge in [0, 0.05) is 12.2 Å². The van der Waals surface area contributed by atoms with Crippen LogP contribution in [0.15, 0.2) is 24.5 Å². The molecule has 1 aromatic heterocycles. The number of hydrogen-bond donors (Lipinski definition) is 1.